The van der Waals surface area contributed by atoms with Gasteiger partial charge in [-0.15, -0.1) is 0 Å². The van der Waals surface area contributed by atoms with Gasteiger partial charge in [0.25, 0.3) is 0 Å². The molecule has 5 nitrogen and oxygen atoms in total. The second-order valence-corrected chi connectivity index (χ2v) is 5.42. The SMILES string of the molecule is CCOC(=O)c1[nH]c(C)c(C(=O)OCc2ccccc2Cl)c1C. The summed E-state index contributed by atoms with van der Waals surface area (Å²) in [5, 5.41) is 0.537. The number of aryl methyl sites for hydroxylation is 1. The van der Waals surface area contributed by atoms with E-state index in [-0.39, 0.29) is 18.9 Å². The van der Waals surface area contributed by atoms with Crippen LogP contribution < -0.4 is 0 Å². The predicted molar refractivity (Wildman–Crippen MR) is 86.8 cm³/mol. The van der Waals surface area contributed by atoms with E-state index in [9.17, 15) is 9.59 Å². The Morgan fingerprint density at radius 2 is 1.83 bits per heavy atom. The molecule has 0 radical (unpaired) electrons. The zero-order chi connectivity index (χ0) is 17.0. The van der Waals surface area contributed by atoms with E-state index in [4.69, 9.17) is 21.1 Å². The van der Waals surface area contributed by atoms with Gasteiger partial charge in [0, 0.05) is 16.3 Å². The van der Waals surface area contributed by atoms with Crippen LogP contribution in [0.25, 0.3) is 0 Å². The lowest BCUT2D eigenvalue weighted by atomic mass is 10.1. The smallest absolute Gasteiger partial charge is 0.355 e. The van der Waals surface area contributed by atoms with Crippen LogP contribution in [0.3, 0.4) is 0 Å². The maximum atomic E-state index is 12.3. The summed E-state index contributed by atoms with van der Waals surface area (Å²) in [6, 6.07) is 7.15. The van der Waals surface area contributed by atoms with Crippen molar-refractivity contribution in [1.29, 1.82) is 0 Å². The fourth-order valence-electron chi connectivity index (χ4n) is 2.29. The Hall–Kier alpha value is -2.27. The largest absolute Gasteiger partial charge is 0.461 e. The Balaban J connectivity index is 2.17. The summed E-state index contributed by atoms with van der Waals surface area (Å²) in [5.41, 5.74) is 2.42. The van der Waals surface area contributed by atoms with Crippen LogP contribution >= 0.6 is 11.6 Å². The first-order chi connectivity index (χ1) is 11.0. The average Bonchev–Trinajstić information content (AvgIpc) is 2.81. The fourth-order valence-corrected chi connectivity index (χ4v) is 2.48. The highest BCUT2D eigenvalue weighted by molar-refractivity contribution is 6.31. The normalized spacial score (nSPS) is 10.4. The van der Waals surface area contributed by atoms with Gasteiger partial charge in [0.1, 0.15) is 12.3 Å². The summed E-state index contributed by atoms with van der Waals surface area (Å²) in [5.74, 6) is -0.995. The van der Waals surface area contributed by atoms with Gasteiger partial charge in [-0.05, 0) is 32.4 Å². The molecule has 1 heterocycles. The first kappa shape index (κ1) is 17.1. The van der Waals surface area contributed by atoms with Crippen LogP contribution in [0, 0.1) is 13.8 Å². The molecule has 2 aromatic rings. The number of carbonyl (C=O) groups is 2. The average molecular weight is 336 g/mol. The molecule has 0 spiro atoms. The number of aromatic nitrogens is 1. The van der Waals surface area contributed by atoms with Crippen LogP contribution in [-0.4, -0.2) is 23.5 Å². The van der Waals surface area contributed by atoms with Crippen LogP contribution in [0.15, 0.2) is 24.3 Å². The van der Waals surface area contributed by atoms with Crippen molar-refractivity contribution in [2.45, 2.75) is 27.4 Å². The van der Waals surface area contributed by atoms with Gasteiger partial charge in [-0.2, -0.15) is 0 Å². The van der Waals surface area contributed by atoms with Crippen molar-refractivity contribution in [3.63, 3.8) is 0 Å². The van der Waals surface area contributed by atoms with Crippen molar-refractivity contribution in [2.24, 2.45) is 0 Å². The lowest BCUT2D eigenvalue weighted by molar-refractivity contribution is 0.0471. The van der Waals surface area contributed by atoms with Crippen LogP contribution in [0.4, 0.5) is 0 Å². The highest BCUT2D eigenvalue weighted by atomic mass is 35.5. The molecule has 0 atom stereocenters. The Labute approximate surface area is 139 Å². The standard InChI is InChI=1S/C17H18ClNO4/c1-4-22-17(21)15-10(2)14(11(3)19-15)16(20)23-9-12-7-5-6-8-13(12)18/h5-8,19H,4,9H2,1-3H3. The first-order valence-corrected chi connectivity index (χ1v) is 7.60. The summed E-state index contributed by atoms with van der Waals surface area (Å²) in [7, 11) is 0. The third-order valence-electron chi connectivity index (χ3n) is 3.44. The quantitative estimate of drug-likeness (QED) is 0.843. The van der Waals surface area contributed by atoms with Crippen molar-refractivity contribution in [3.05, 3.63) is 57.4 Å². The molecule has 0 amide bonds. The van der Waals surface area contributed by atoms with Gasteiger partial charge in [-0.1, -0.05) is 29.8 Å². The van der Waals surface area contributed by atoms with Crippen molar-refractivity contribution in [3.8, 4) is 0 Å². The molecule has 0 aliphatic rings. The predicted octanol–water partition coefficient (Wildman–Crippen LogP) is 3.82. The summed E-state index contributed by atoms with van der Waals surface area (Å²) in [6.07, 6.45) is 0. The zero-order valence-corrected chi connectivity index (χ0v) is 14.0. The topological polar surface area (TPSA) is 68.4 Å². The third kappa shape index (κ3) is 3.74. The molecule has 0 unspecified atom stereocenters. The van der Waals surface area contributed by atoms with Gasteiger partial charge in [0.2, 0.25) is 0 Å². The number of halogens is 1. The monoisotopic (exact) mass is 335 g/mol. The van der Waals surface area contributed by atoms with Crippen LogP contribution in [0.5, 0.6) is 0 Å². The number of carbonyl (C=O) groups excluding carboxylic acids is 2. The molecule has 1 aromatic heterocycles. The Morgan fingerprint density at radius 1 is 1.13 bits per heavy atom. The minimum Gasteiger partial charge on any atom is -0.461 e. The summed E-state index contributed by atoms with van der Waals surface area (Å²) in [4.78, 5) is 27.1. The van der Waals surface area contributed by atoms with Crippen molar-refractivity contribution in [2.75, 3.05) is 6.61 Å². The number of H-pyrrole nitrogens is 1. The number of aromatic amines is 1. The van der Waals surface area contributed by atoms with E-state index in [1.54, 1.807) is 39.0 Å². The van der Waals surface area contributed by atoms with Crippen LogP contribution in [-0.2, 0) is 16.1 Å². The number of nitrogens with one attached hydrogen (secondary N) is 1. The maximum absolute atomic E-state index is 12.3. The Kier molecular flexibility index (Phi) is 5.45. The summed E-state index contributed by atoms with van der Waals surface area (Å²) < 4.78 is 10.3. The van der Waals surface area contributed by atoms with Crippen molar-refractivity contribution < 1.29 is 19.1 Å². The number of esters is 2. The Bertz CT molecular complexity index is 736. The molecule has 6 heteroatoms. The zero-order valence-electron chi connectivity index (χ0n) is 13.2. The van der Waals surface area contributed by atoms with Gasteiger partial charge in [-0.3, -0.25) is 0 Å². The molecule has 1 aromatic carbocycles. The summed E-state index contributed by atoms with van der Waals surface area (Å²) in [6.45, 7) is 5.45. The van der Waals surface area contributed by atoms with E-state index < -0.39 is 11.9 Å². The molecule has 0 fully saturated rings. The number of hydrogen-bond acceptors (Lipinski definition) is 4. The Morgan fingerprint density at radius 3 is 2.48 bits per heavy atom. The van der Waals surface area contributed by atoms with E-state index in [1.165, 1.54) is 0 Å². The molecule has 1 N–H and O–H groups in total. The molecule has 0 saturated heterocycles. The van der Waals surface area contributed by atoms with E-state index in [2.05, 4.69) is 4.98 Å². The van der Waals surface area contributed by atoms with Crippen molar-refractivity contribution in [1.82, 2.24) is 4.98 Å². The molecule has 122 valence electrons. The first-order valence-electron chi connectivity index (χ1n) is 7.22. The highest BCUT2D eigenvalue weighted by Crippen LogP contribution is 2.21. The number of hydrogen-bond donors (Lipinski definition) is 1. The van der Waals surface area contributed by atoms with Gasteiger partial charge < -0.3 is 14.5 Å². The van der Waals surface area contributed by atoms with E-state index in [1.807, 2.05) is 6.07 Å². The molecule has 2 rings (SSSR count). The van der Waals surface area contributed by atoms with E-state index in [0.29, 0.717) is 21.8 Å². The molecule has 23 heavy (non-hydrogen) atoms. The second kappa shape index (κ2) is 7.33. The second-order valence-electron chi connectivity index (χ2n) is 5.01. The lowest BCUT2D eigenvalue weighted by Crippen LogP contribution is -2.09. The molecule has 0 bridgehead atoms. The van der Waals surface area contributed by atoms with E-state index >= 15 is 0 Å². The number of ether oxygens (including phenoxy) is 2. The van der Waals surface area contributed by atoms with Crippen LogP contribution in [0.1, 0.15) is 44.6 Å². The number of rotatable bonds is 5. The summed E-state index contributed by atoms with van der Waals surface area (Å²) >= 11 is 6.04. The molecule has 0 aliphatic carbocycles. The van der Waals surface area contributed by atoms with Gasteiger partial charge in [0.15, 0.2) is 0 Å². The molecular formula is C17H18ClNO4. The minimum absolute atomic E-state index is 0.0668. The van der Waals surface area contributed by atoms with Crippen LogP contribution in [0.2, 0.25) is 5.02 Å². The lowest BCUT2D eigenvalue weighted by Gasteiger charge is -2.07. The van der Waals surface area contributed by atoms with E-state index in [0.717, 1.165) is 5.56 Å². The van der Waals surface area contributed by atoms with Gasteiger partial charge >= 0.3 is 11.9 Å². The van der Waals surface area contributed by atoms with Gasteiger partial charge in [0.05, 0.1) is 12.2 Å². The van der Waals surface area contributed by atoms with Crippen molar-refractivity contribution >= 4 is 23.5 Å². The maximum Gasteiger partial charge on any atom is 0.355 e. The molecular weight excluding hydrogens is 318 g/mol. The third-order valence-corrected chi connectivity index (χ3v) is 3.81. The fraction of sp³-hybridized carbons (Fsp3) is 0.294. The molecule has 0 aliphatic heterocycles. The minimum atomic E-state index is -0.508. The van der Waals surface area contributed by atoms with Gasteiger partial charge in [-0.25, -0.2) is 9.59 Å². The number of benzene rings is 1. The molecule has 0 saturated carbocycles. The highest BCUT2D eigenvalue weighted by Gasteiger charge is 2.23.